The normalized spacial score (nSPS) is 13.9. The lowest BCUT2D eigenvalue weighted by Gasteiger charge is -2.15. The summed E-state index contributed by atoms with van der Waals surface area (Å²) in [6.45, 7) is 2.40. The maximum atomic E-state index is 13.7. The summed E-state index contributed by atoms with van der Waals surface area (Å²) in [6.07, 6.45) is 0. The molecule has 0 saturated carbocycles. The number of benzene rings is 2. The fourth-order valence-electron chi connectivity index (χ4n) is 3.10. The number of carbonyl (C=O) groups excluding carboxylic acids is 2. The zero-order chi connectivity index (χ0) is 21.3. The minimum absolute atomic E-state index is 0.0403. The van der Waals surface area contributed by atoms with E-state index < -0.39 is 23.4 Å². The Kier molecular flexibility index (Phi) is 5.33. The summed E-state index contributed by atoms with van der Waals surface area (Å²) in [5.74, 6) is -2.78. The minimum atomic E-state index is -1.14. The van der Waals surface area contributed by atoms with Gasteiger partial charge in [-0.05, 0) is 54.8 Å². The van der Waals surface area contributed by atoms with E-state index in [0.717, 1.165) is 17.0 Å². The number of halogens is 2. The first-order chi connectivity index (χ1) is 14.5. The van der Waals surface area contributed by atoms with Crippen LogP contribution in [0.5, 0.6) is 5.75 Å². The van der Waals surface area contributed by atoms with Crippen molar-refractivity contribution in [3.8, 4) is 5.75 Å². The van der Waals surface area contributed by atoms with Crippen LogP contribution in [0.3, 0.4) is 0 Å². The van der Waals surface area contributed by atoms with Crippen LogP contribution in [-0.4, -0.2) is 18.4 Å². The van der Waals surface area contributed by atoms with Crippen molar-refractivity contribution < 1.29 is 23.1 Å². The number of hydrogen-bond acceptors (Lipinski definition) is 5. The zero-order valence-electron chi connectivity index (χ0n) is 15.8. The SMILES string of the molecule is CCOc1ccc(NC2=C(c3cccs3)C(=O)N(c3ccc(F)c(F)c3)C2=O)cc1. The van der Waals surface area contributed by atoms with Crippen molar-refractivity contribution in [3.63, 3.8) is 0 Å². The topological polar surface area (TPSA) is 58.6 Å². The molecule has 0 spiro atoms. The van der Waals surface area contributed by atoms with Gasteiger partial charge in [0, 0.05) is 16.6 Å². The van der Waals surface area contributed by atoms with Crippen LogP contribution in [0.15, 0.2) is 65.7 Å². The van der Waals surface area contributed by atoms with Crippen molar-refractivity contribution in [1.82, 2.24) is 0 Å². The number of nitrogens with one attached hydrogen (secondary N) is 1. The molecule has 1 aromatic heterocycles. The number of carbonyl (C=O) groups is 2. The highest BCUT2D eigenvalue weighted by Gasteiger charge is 2.41. The smallest absolute Gasteiger partial charge is 0.282 e. The summed E-state index contributed by atoms with van der Waals surface area (Å²) in [6, 6.07) is 13.3. The molecule has 152 valence electrons. The molecule has 2 heterocycles. The highest BCUT2D eigenvalue weighted by Crippen LogP contribution is 2.36. The van der Waals surface area contributed by atoms with Crippen molar-refractivity contribution >= 4 is 40.1 Å². The monoisotopic (exact) mass is 426 g/mol. The number of hydrogen-bond donors (Lipinski definition) is 1. The van der Waals surface area contributed by atoms with Gasteiger partial charge in [-0.2, -0.15) is 0 Å². The van der Waals surface area contributed by atoms with Crippen LogP contribution < -0.4 is 15.0 Å². The van der Waals surface area contributed by atoms with E-state index in [9.17, 15) is 18.4 Å². The van der Waals surface area contributed by atoms with Gasteiger partial charge < -0.3 is 10.1 Å². The second-order valence-corrected chi connectivity index (χ2v) is 7.30. The second kappa shape index (κ2) is 8.08. The molecule has 3 aromatic rings. The van der Waals surface area contributed by atoms with Crippen molar-refractivity contribution in [2.75, 3.05) is 16.8 Å². The fraction of sp³-hybridized carbons (Fsp3) is 0.0909. The predicted octanol–water partition coefficient (Wildman–Crippen LogP) is 4.82. The average Bonchev–Trinajstić information content (AvgIpc) is 3.33. The largest absolute Gasteiger partial charge is 0.494 e. The molecule has 0 radical (unpaired) electrons. The average molecular weight is 426 g/mol. The number of thiophene rings is 1. The first-order valence-electron chi connectivity index (χ1n) is 9.11. The molecular weight excluding hydrogens is 410 g/mol. The fourth-order valence-corrected chi connectivity index (χ4v) is 3.87. The third-order valence-corrected chi connectivity index (χ3v) is 5.33. The summed E-state index contributed by atoms with van der Waals surface area (Å²) >= 11 is 1.30. The lowest BCUT2D eigenvalue weighted by molar-refractivity contribution is -0.120. The van der Waals surface area contributed by atoms with Gasteiger partial charge in [0.25, 0.3) is 11.8 Å². The first kappa shape index (κ1) is 19.8. The summed E-state index contributed by atoms with van der Waals surface area (Å²) < 4.78 is 32.5. The lowest BCUT2D eigenvalue weighted by atomic mass is 10.2. The molecule has 1 N–H and O–H groups in total. The Morgan fingerprint density at radius 3 is 2.40 bits per heavy atom. The molecule has 0 aliphatic carbocycles. The number of imide groups is 1. The van der Waals surface area contributed by atoms with E-state index in [2.05, 4.69) is 5.32 Å². The van der Waals surface area contributed by atoms with Crippen LogP contribution in [0.25, 0.3) is 5.57 Å². The number of amides is 2. The maximum absolute atomic E-state index is 13.7. The van der Waals surface area contributed by atoms with Crippen molar-refractivity contribution in [2.45, 2.75) is 6.92 Å². The summed E-state index contributed by atoms with van der Waals surface area (Å²) in [4.78, 5) is 27.7. The van der Waals surface area contributed by atoms with E-state index >= 15 is 0 Å². The zero-order valence-corrected chi connectivity index (χ0v) is 16.6. The Bertz CT molecular complexity index is 1140. The Morgan fingerprint density at radius 2 is 1.77 bits per heavy atom. The van der Waals surface area contributed by atoms with Gasteiger partial charge in [-0.15, -0.1) is 11.3 Å². The predicted molar refractivity (Wildman–Crippen MR) is 111 cm³/mol. The van der Waals surface area contributed by atoms with E-state index in [0.29, 0.717) is 22.9 Å². The van der Waals surface area contributed by atoms with E-state index in [-0.39, 0.29) is 17.0 Å². The standard InChI is InChI=1S/C22H16F2N2O3S/c1-2-29-15-8-5-13(6-9-15)25-20-19(18-4-3-11-30-18)21(27)26(22(20)28)14-7-10-16(23)17(24)12-14/h3-12,25H,2H2,1H3. The molecule has 1 aliphatic rings. The molecule has 5 nitrogen and oxygen atoms in total. The Morgan fingerprint density at radius 1 is 1.00 bits per heavy atom. The molecule has 2 amide bonds. The van der Waals surface area contributed by atoms with E-state index in [1.807, 2.05) is 6.92 Å². The molecule has 0 unspecified atom stereocenters. The molecule has 0 atom stereocenters. The third kappa shape index (κ3) is 3.57. The number of anilines is 2. The van der Waals surface area contributed by atoms with E-state index in [1.54, 1.807) is 41.8 Å². The molecule has 0 bridgehead atoms. The molecule has 0 saturated heterocycles. The summed E-state index contributed by atoms with van der Waals surface area (Å²) in [7, 11) is 0. The van der Waals surface area contributed by atoms with Crippen LogP contribution in [-0.2, 0) is 9.59 Å². The maximum Gasteiger partial charge on any atom is 0.282 e. The van der Waals surface area contributed by atoms with Gasteiger partial charge in [-0.1, -0.05) is 6.07 Å². The van der Waals surface area contributed by atoms with Gasteiger partial charge >= 0.3 is 0 Å². The summed E-state index contributed by atoms with van der Waals surface area (Å²) in [5, 5.41) is 4.79. The van der Waals surface area contributed by atoms with Crippen LogP contribution in [0.4, 0.5) is 20.2 Å². The molecule has 8 heteroatoms. The quantitative estimate of drug-likeness (QED) is 0.574. The van der Waals surface area contributed by atoms with E-state index in [4.69, 9.17) is 4.74 Å². The number of nitrogens with zero attached hydrogens (tertiary/aromatic N) is 1. The Labute approximate surface area is 175 Å². The van der Waals surface area contributed by atoms with Crippen LogP contribution in [0.2, 0.25) is 0 Å². The molecule has 2 aromatic carbocycles. The van der Waals surface area contributed by atoms with E-state index in [1.165, 1.54) is 17.4 Å². The molecule has 1 aliphatic heterocycles. The summed E-state index contributed by atoms with van der Waals surface area (Å²) in [5.41, 5.74) is 0.780. The first-order valence-corrected chi connectivity index (χ1v) is 9.99. The number of rotatable bonds is 6. The van der Waals surface area contributed by atoms with Gasteiger partial charge in [0.1, 0.15) is 11.4 Å². The van der Waals surface area contributed by atoms with Gasteiger partial charge in [0.2, 0.25) is 0 Å². The highest BCUT2D eigenvalue weighted by atomic mass is 32.1. The van der Waals surface area contributed by atoms with Gasteiger partial charge in [0.15, 0.2) is 11.6 Å². The molecular formula is C22H16F2N2O3S. The van der Waals surface area contributed by atoms with Gasteiger partial charge in [-0.3, -0.25) is 9.59 Å². The number of ether oxygens (including phenoxy) is 1. The second-order valence-electron chi connectivity index (χ2n) is 6.35. The Hall–Kier alpha value is -3.52. The van der Waals surface area contributed by atoms with Crippen molar-refractivity contribution in [3.05, 3.63) is 82.2 Å². The molecule has 30 heavy (non-hydrogen) atoms. The Balaban J connectivity index is 1.73. The van der Waals surface area contributed by atoms with Crippen LogP contribution in [0, 0.1) is 11.6 Å². The minimum Gasteiger partial charge on any atom is -0.494 e. The molecule has 0 fully saturated rings. The van der Waals surface area contributed by atoms with Gasteiger partial charge in [-0.25, -0.2) is 13.7 Å². The lowest BCUT2D eigenvalue weighted by Crippen LogP contribution is -2.32. The van der Waals surface area contributed by atoms with Gasteiger partial charge in [0.05, 0.1) is 17.9 Å². The molecule has 4 rings (SSSR count). The highest BCUT2D eigenvalue weighted by molar-refractivity contribution is 7.11. The van der Waals surface area contributed by atoms with Crippen molar-refractivity contribution in [2.24, 2.45) is 0 Å². The van der Waals surface area contributed by atoms with Crippen LogP contribution >= 0.6 is 11.3 Å². The van der Waals surface area contributed by atoms with Crippen LogP contribution in [0.1, 0.15) is 11.8 Å². The third-order valence-electron chi connectivity index (χ3n) is 4.45. The van der Waals surface area contributed by atoms with Crippen molar-refractivity contribution in [1.29, 1.82) is 0 Å².